The third-order valence-corrected chi connectivity index (χ3v) is 5.84. The standard InChI is InChI=1S/C20H22N4OS.ClH/c1-24-13-12-21-14-17(24)19-22-20(25-23-19)18(15-8-4-2-5-9-15)26-16-10-6-3-7-11-16;/h2-11,17-18,21H,12-14H2,1H3;1H. The molecule has 2 unspecified atom stereocenters. The van der Waals surface area contributed by atoms with E-state index in [1.165, 1.54) is 4.90 Å². The molecule has 4 rings (SSSR count). The summed E-state index contributed by atoms with van der Waals surface area (Å²) in [5.41, 5.74) is 1.16. The highest BCUT2D eigenvalue weighted by molar-refractivity contribution is 7.99. The second kappa shape index (κ2) is 9.37. The first-order chi connectivity index (χ1) is 12.8. The SMILES string of the molecule is CN1CCNCC1c1noc(C(Sc2ccccc2)c2ccccc2)n1.Cl. The van der Waals surface area contributed by atoms with E-state index in [0.717, 1.165) is 31.0 Å². The van der Waals surface area contributed by atoms with Crippen molar-refractivity contribution in [2.45, 2.75) is 16.2 Å². The molecule has 1 N–H and O–H groups in total. The third-order valence-electron chi connectivity index (χ3n) is 4.59. The summed E-state index contributed by atoms with van der Waals surface area (Å²) in [4.78, 5) is 8.23. The Morgan fingerprint density at radius 2 is 1.81 bits per heavy atom. The Labute approximate surface area is 170 Å². The van der Waals surface area contributed by atoms with Crippen molar-refractivity contribution in [3.8, 4) is 0 Å². The molecule has 2 aromatic carbocycles. The van der Waals surface area contributed by atoms with Crippen molar-refractivity contribution in [3.05, 3.63) is 77.9 Å². The number of piperazine rings is 1. The van der Waals surface area contributed by atoms with Crippen LogP contribution in [0.4, 0.5) is 0 Å². The van der Waals surface area contributed by atoms with Gasteiger partial charge in [-0.15, -0.1) is 24.2 Å². The Balaban J connectivity index is 0.00000210. The first-order valence-electron chi connectivity index (χ1n) is 8.82. The highest BCUT2D eigenvalue weighted by Gasteiger charge is 2.28. The Kier molecular flexibility index (Phi) is 6.90. The van der Waals surface area contributed by atoms with Crippen molar-refractivity contribution in [1.82, 2.24) is 20.4 Å². The van der Waals surface area contributed by atoms with Gasteiger partial charge in [0.2, 0.25) is 5.89 Å². The number of nitrogens with zero attached hydrogens (tertiary/aromatic N) is 3. The summed E-state index contributed by atoms with van der Waals surface area (Å²) in [6.07, 6.45) is 0. The fourth-order valence-corrected chi connectivity index (χ4v) is 4.18. The van der Waals surface area contributed by atoms with E-state index in [1.54, 1.807) is 11.8 Å². The highest BCUT2D eigenvalue weighted by atomic mass is 35.5. The fourth-order valence-electron chi connectivity index (χ4n) is 3.11. The molecule has 1 fully saturated rings. The van der Waals surface area contributed by atoms with Crippen molar-refractivity contribution in [1.29, 1.82) is 0 Å². The number of thioether (sulfide) groups is 1. The van der Waals surface area contributed by atoms with Gasteiger partial charge in [0, 0.05) is 24.5 Å². The molecule has 2 heterocycles. The van der Waals surface area contributed by atoms with Crippen LogP contribution in [0.2, 0.25) is 0 Å². The van der Waals surface area contributed by atoms with Gasteiger partial charge in [-0.05, 0) is 24.7 Å². The predicted molar refractivity (Wildman–Crippen MR) is 110 cm³/mol. The van der Waals surface area contributed by atoms with Crippen LogP contribution < -0.4 is 5.32 Å². The molecule has 0 aliphatic carbocycles. The van der Waals surface area contributed by atoms with E-state index >= 15 is 0 Å². The second-order valence-corrected chi connectivity index (χ2v) is 7.59. The average Bonchev–Trinajstić information content (AvgIpc) is 3.17. The van der Waals surface area contributed by atoms with Crippen LogP contribution in [0.1, 0.15) is 28.6 Å². The molecule has 2 atom stereocenters. The molecule has 0 bridgehead atoms. The van der Waals surface area contributed by atoms with Gasteiger partial charge in [0.1, 0.15) is 5.25 Å². The number of likely N-dealkylation sites (N-methyl/N-ethyl adjacent to an activating group) is 1. The van der Waals surface area contributed by atoms with Gasteiger partial charge >= 0.3 is 0 Å². The molecule has 1 aliphatic heterocycles. The second-order valence-electron chi connectivity index (χ2n) is 6.41. The van der Waals surface area contributed by atoms with Gasteiger partial charge in [0.05, 0.1) is 6.04 Å². The third kappa shape index (κ3) is 4.71. The van der Waals surface area contributed by atoms with Gasteiger partial charge in [-0.25, -0.2) is 0 Å². The maximum Gasteiger partial charge on any atom is 0.244 e. The number of aromatic nitrogens is 2. The molecule has 142 valence electrons. The molecule has 27 heavy (non-hydrogen) atoms. The normalized spacial score (nSPS) is 18.6. The van der Waals surface area contributed by atoms with Crippen molar-refractivity contribution in [2.75, 3.05) is 26.7 Å². The summed E-state index contributed by atoms with van der Waals surface area (Å²) in [5.74, 6) is 1.41. The predicted octanol–water partition coefficient (Wildman–Crippen LogP) is 3.95. The van der Waals surface area contributed by atoms with E-state index < -0.39 is 0 Å². The summed E-state index contributed by atoms with van der Waals surface area (Å²) < 4.78 is 5.72. The summed E-state index contributed by atoms with van der Waals surface area (Å²) >= 11 is 1.73. The van der Waals surface area contributed by atoms with Gasteiger partial charge < -0.3 is 9.84 Å². The molecule has 1 aromatic heterocycles. The number of hydrogen-bond donors (Lipinski definition) is 1. The lowest BCUT2D eigenvalue weighted by atomic mass is 10.1. The van der Waals surface area contributed by atoms with Gasteiger partial charge in [-0.2, -0.15) is 4.98 Å². The van der Waals surface area contributed by atoms with Crippen LogP contribution in [-0.2, 0) is 0 Å². The van der Waals surface area contributed by atoms with Gasteiger partial charge in [0.15, 0.2) is 5.82 Å². The first kappa shape index (κ1) is 19.9. The summed E-state index contributed by atoms with van der Waals surface area (Å²) in [5, 5.41) is 7.68. The highest BCUT2D eigenvalue weighted by Crippen LogP contribution is 2.39. The van der Waals surface area contributed by atoms with E-state index in [2.05, 4.69) is 46.7 Å². The number of halogens is 1. The van der Waals surface area contributed by atoms with E-state index in [-0.39, 0.29) is 23.7 Å². The summed E-state index contributed by atoms with van der Waals surface area (Å²) in [7, 11) is 2.11. The molecule has 0 radical (unpaired) electrons. The van der Waals surface area contributed by atoms with E-state index in [9.17, 15) is 0 Å². The zero-order chi connectivity index (χ0) is 17.8. The number of rotatable bonds is 5. The number of hydrogen-bond acceptors (Lipinski definition) is 6. The number of benzene rings is 2. The van der Waals surface area contributed by atoms with Crippen LogP contribution >= 0.6 is 24.2 Å². The maximum atomic E-state index is 5.72. The Hall–Kier alpha value is -1.86. The maximum absolute atomic E-state index is 5.72. The lowest BCUT2D eigenvalue weighted by molar-refractivity contribution is 0.190. The molecule has 0 amide bonds. The van der Waals surface area contributed by atoms with Crippen molar-refractivity contribution in [3.63, 3.8) is 0 Å². The molecule has 7 heteroatoms. The molecule has 1 aliphatic rings. The van der Waals surface area contributed by atoms with Crippen LogP contribution in [0, 0.1) is 0 Å². The average molecular weight is 403 g/mol. The zero-order valence-electron chi connectivity index (χ0n) is 15.1. The van der Waals surface area contributed by atoms with Crippen LogP contribution in [0.25, 0.3) is 0 Å². The fraction of sp³-hybridized carbons (Fsp3) is 0.300. The lowest BCUT2D eigenvalue weighted by Crippen LogP contribution is -2.44. The Morgan fingerprint density at radius 3 is 2.52 bits per heavy atom. The molecular formula is C20H23ClN4OS. The minimum atomic E-state index is -0.0262. The monoisotopic (exact) mass is 402 g/mol. The molecular weight excluding hydrogens is 380 g/mol. The van der Waals surface area contributed by atoms with E-state index in [4.69, 9.17) is 9.51 Å². The zero-order valence-corrected chi connectivity index (χ0v) is 16.7. The summed E-state index contributed by atoms with van der Waals surface area (Å²) in [6.45, 7) is 2.82. The largest absolute Gasteiger partial charge is 0.338 e. The minimum Gasteiger partial charge on any atom is -0.338 e. The van der Waals surface area contributed by atoms with Crippen LogP contribution in [-0.4, -0.2) is 41.7 Å². The lowest BCUT2D eigenvalue weighted by Gasteiger charge is -2.30. The van der Waals surface area contributed by atoms with Crippen molar-refractivity contribution < 1.29 is 4.52 Å². The quantitative estimate of drug-likeness (QED) is 0.652. The van der Waals surface area contributed by atoms with Gasteiger partial charge in [0.25, 0.3) is 0 Å². The number of nitrogens with one attached hydrogen (secondary N) is 1. The molecule has 0 saturated carbocycles. The Morgan fingerprint density at radius 1 is 1.11 bits per heavy atom. The van der Waals surface area contributed by atoms with E-state index in [0.29, 0.717) is 5.89 Å². The topological polar surface area (TPSA) is 54.2 Å². The van der Waals surface area contributed by atoms with Gasteiger partial charge in [-0.3, -0.25) is 4.90 Å². The smallest absolute Gasteiger partial charge is 0.244 e. The molecule has 1 saturated heterocycles. The Bertz CT molecular complexity index is 830. The molecule has 5 nitrogen and oxygen atoms in total. The molecule has 3 aromatic rings. The van der Waals surface area contributed by atoms with Crippen LogP contribution in [0.15, 0.2) is 70.1 Å². The minimum absolute atomic E-state index is 0. The van der Waals surface area contributed by atoms with Gasteiger partial charge in [-0.1, -0.05) is 53.7 Å². The van der Waals surface area contributed by atoms with Crippen molar-refractivity contribution in [2.24, 2.45) is 0 Å². The van der Waals surface area contributed by atoms with E-state index in [1.807, 2.05) is 36.4 Å². The first-order valence-corrected chi connectivity index (χ1v) is 9.70. The summed E-state index contributed by atoms with van der Waals surface area (Å²) in [6, 6.07) is 20.8. The van der Waals surface area contributed by atoms with Crippen molar-refractivity contribution >= 4 is 24.2 Å². The van der Waals surface area contributed by atoms with Crippen LogP contribution in [0.5, 0.6) is 0 Å². The van der Waals surface area contributed by atoms with Crippen LogP contribution in [0.3, 0.4) is 0 Å². The molecule has 0 spiro atoms.